The smallest absolute Gasteiger partial charge is 0.121 e. The van der Waals surface area contributed by atoms with Gasteiger partial charge < -0.3 is 9.73 Å². The first-order valence-electron chi connectivity index (χ1n) is 6.23. The Morgan fingerprint density at radius 1 is 1.28 bits per heavy atom. The molecule has 0 saturated carbocycles. The number of benzene rings is 1. The molecule has 1 atom stereocenters. The van der Waals surface area contributed by atoms with Crippen molar-refractivity contribution in [3.8, 4) is 0 Å². The van der Waals surface area contributed by atoms with Crippen LogP contribution in [0.3, 0.4) is 0 Å². The monoisotopic (exact) mass is 307 g/mol. The Kier molecular flexibility index (Phi) is 4.61. The van der Waals surface area contributed by atoms with Crippen molar-refractivity contribution in [1.29, 1.82) is 0 Å². The van der Waals surface area contributed by atoms with Gasteiger partial charge >= 0.3 is 0 Å². The van der Waals surface area contributed by atoms with E-state index in [9.17, 15) is 0 Å². The van der Waals surface area contributed by atoms with Crippen LogP contribution < -0.4 is 5.32 Å². The lowest BCUT2D eigenvalue weighted by Gasteiger charge is -2.15. The first kappa shape index (κ1) is 13.4. The highest BCUT2D eigenvalue weighted by molar-refractivity contribution is 9.10. The van der Waals surface area contributed by atoms with Gasteiger partial charge in [-0.05, 0) is 49.7 Å². The number of hydrogen-bond acceptors (Lipinski definition) is 2. The van der Waals surface area contributed by atoms with Gasteiger partial charge in [0, 0.05) is 4.47 Å². The van der Waals surface area contributed by atoms with Gasteiger partial charge in [-0.2, -0.15) is 0 Å². The maximum Gasteiger partial charge on any atom is 0.121 e. The van der Waals surface area contributed by atoms with Crippen molar-refractivity contribution in [2.75, 3.05) is 6.54 Å². The Labute approximate surface area is 117 Å². The average molecular weight is 308 g/mol. The highest BCUT2D eigenvalue weighted by atomic mass is 79.9. The molecule has 96 valence electrons. The molecular weight excluding hydrogens is 290 g/mol. The summed E-state index contributed by atoms with van der Waals surface area (Å²) in [7, 11) is 0. The number of rotatable bonds is 5. The van der Waals surface area contributed by atoms with Crippen LogP contribution in [0.4, 0.5) is 0 Å². The first-order valence-corrected chi connectivity index (χ1v) is 7.02. The normalized spacial score (nSPS) is 12.6. The second-order valence-corrected chi connectivity index (χ2v) is 5.31. The molecular formula is C15H18BrNO. The van der Waals surface area contributed by atoms with Gasteiger partial charge in [-0.3, -0.25) is 0 Å². The van der Waals surface area contributed by atoms with Crippen LogP contribution in [0.2, 0.25) is 0 Å². The van der Waals surface area contributed by atoms with E-state index in [1.807, 2.05) is 19.1 Å². The number of hydrogen-bond donors (Lipinski definition) is 1. The van der Waals surface area contributed by atoms with Crippen molar-refractivity contribution in [3.05, 3.63) is 58.0 Å². The molecule has 0 aliphatic heterocycles. The Morgan fingerprint density at radius 2 is 2.11 bits per heavy atom. The molecule has 2 nitrogen and oxygen atoms in total. The fourth-order valence-corrected chi connectivity index (χ4v) is 2.51. The number of aryl methyl sites for hydroxylation is 1. The molecule has 0 aliphatic carbocycles. The van der Waals surface area contributed by atoms with E-state index >= 15 is 0 Å². The van der Waals surface area contributed by atoms with Crippen LogP contribution in [0.25, 0.3) is 0 Å². The van der Waals surface area contributed by atoms with Crippen molar-refractivity contribution >= 4 is 15.9 Å². The van der Waals surface area contributed by atoms with Crippen molar-refractivity contribution in [3.63, 3.8) is 0 Å². The van der Waals surface area contributed by atoms with Crippen LogP contribution in [0.1, 0.15) is 30.0 Å². The maximum absolute atomic E-state index is 5.73. The Hall–Kier alpha value is -1.06. The molecule has 18 heavy (non-hydrogen) atoms. The van der Waals surface area contributed by atoms with E-state index in [-0.39, 0.29) is 6.04 Å². The largest absolute Gasteiger partial charge is 0.465 e. The summed E-state index contributed by atoms with van der Waals surface area (Å²) in [5.41, 5.74) is 1.30. The van der Waals surface area contributed by atoms with Crippen LogP contribution in [-0.2, 0) is 6.42 Å². The minimum Gasteiger partial charge on any atom is -0.465 e. The molecule has 1 heterocycles. The number of likely N-dealkylation sites (N-methyl/N-ethyl adjacent to an activating group) is 1. The zero-order valence-electron chi connectivity index (χ0n) is 10.7. The van der Waals surface area contributed by atoms with E-state index in [1.165, 1.54) is 5.56 Å². The van der Waals surface area contributed by atoms with Gasteiger partial charge in [-0.15, -0.1) is 0 Å². The van der Waals surface area contributed by atoms with Gasteiger partial charge in [-0.25, -0.2) is 0 Å². The standard InChI is InChI=1S/C15H18BrNO/c1-3-17-14(15-8-7-11(2)18-15)10-12-5-4-6-13(16)9-12/h4-9,14,17H,3,10H2,1-2H3. The zero-order valence-corrected chi connectivity index (χ0v) is 12.3. The molecule has 2 rings (SSSR count). The highest BCUT2D eigenvalue weighted by Gasteiger charge is 2.14. The summed E-state index contributed by atoms with van der Waals surface area (Å²) in [5.74, 6) is 1.97. The van der Waals surface area contributed by atoms with E-state index in [0.29, 0.717) is 0 Å². The Morgan fingerprint density at radius 3 is 2.72 bits per heavy atom. The fraction of sp³-hybridized carbons (Fsp3) is 0.333. The molecule has 3 heteroatoms. The van der Waals surface area contributed by atoms with Crippen LogP contribution in [0.5, 0.6) is 0 Å². The predicted molar refractivity (Wildman–Crippen MR) is 77.7 cm³/mol. The summed E-state index contributed by atoms with van der Waals surface area (Å²) < 4.78 is 6.84. The predicted octanol–water partition coefficient (Wildman–Crippen LogP) is 4.24. The summed E-state index contributed by atoms with van der Waals surface area (Å²) >= 11 is 3.51. The minimum absolute atomic E-state index is 0.234. The van der Waals surface area contributed by atoms with E-state index in [1.54, 1.807) is 0 Å². The van der Waals surface area contributed by atoms with Gasteiger partial charge in [0.15, 0.2) is 0 Å². The third-order valence-electron chi connectivity index (χ3n) is 2.88. The van der Waals surface area contributed by atoms with Crippen molar-refractivity contribution < 1.29 is 4.42 Å². The fourth-order valence-electron chi connectivity index (χ4n) is 2.06. The molecule has 0 radical (unpaired) electrons. The van der Waals surface area contributed by atoms with E-state index in [2.05, 4.69) is 52.4 Å². The third kappa shape index (κ3) is 3.47. The first-order chi connectivity index (χ1) is 8.69. The van der Waals surface area contributed by atoms with Crippen LogP contribution in [0, 0.1) is 6.92 Å². The summed E-state index contributed by atoms with van der Waals surface area (Å²) in [6.07, 6.45) is 0.931. The molecule has 0 saturated heterocycles. The zero-order chi connectivity index (χ0) is 13.0. The van der Waals surface area contributed by atoms with E-state index in [4.69, 9.17) is 4.42 Å². The van der Waals surface area contributed by atoms with Crippen LogP contribution >= 0.6 is 15.9 Å². The van der Waals surface area contributed by atoms with Crippen LogP contribution in [-0.4, -0.2) is 6.54 Å². The van der Waals surface area contributed by atoms with Gasteiger partial charge in [-0.1, -0.05) is 35.0 Å². The van der Waals surface area contributed by atoms with Crippen molar-refractivity contribution in [2.24, 2.45) is 0 Å². The molecule has 1 unspecified atom stereocenters. The average Bonchev–Trinajstić information content (AvgIpc) is 2.75. The maximum atomic E-state index is 5.73. The summed E-state index contributed by atoms with van der Waals surface area (Å²) in [4.78, 5) is 0. The van der Waals surface area contributed by atoms with Gasteiger partial charge in [0.2, 0.25) is 0 Å². The Bertz CT molecular complexity index is 507. The SMILES string of the molecule is CCNC(Cc1cccc(Br)c1)c1ccc(C)o1. The van der Waals surface area contributed by atoms with Gasteiger partial charge in [0.05, 0.1) is 6.04 Å². The van der Waals surface area contributed by atoms with Gasteiger partial charge in [0.25, 0.3) is 0 Å². The second kappa shape index (κ2) is 6.21. The van der Waals surface area contributed by atoms with Crippen LogP contribution in [0.15, 0.2) is 45.3 Å². The number of nitrogens with one attached hydrogen (secondary N) is 1. The second-order valence-electron chi connectivity index (χ2n) is 4.39. The molecule has 0 amide bonds. The highest BCUT2D eigenvalue weighted by Crippen LogP contribution is 2.22. The summed E-state index contributed by atoms with van der Waals surface area (Å²) in [6, 6.07) is 12.7. The molecule has 2 aromatic rings. The lowest BCUT2D eigenvalue weighted by Crippen LogP contribution is -2.22. The molecule has 0 fully saturated rings. The lowest BCUT2D eigenvalue weighted by molar-refractivity contribution is 0.403. The number of furan rings is 1. The molecule has 0 aliphatic rings. The molecule has 1 N–H and O–H groups in total. The third-order valence-corrected chi connectivity index (χ3v) is 3.38. The quantitative estimate of drug-likeness (QED) is 0.893. The molecule has 0 spiro atoms. The van der Waals surface area contributed by atoms with Crippen molar-refractivity contribution in [2.45, 2.75) is 26.3 Å². The van der Waals surface area contributed by atoms with Crippen molar-refractivity contribution in [1.82, 2.24) is 5.32 Å². The topological polar surface area (TPSA) is 25.2 Å². The lowest BCUT2D eigenvalue weighted by atomic mass is 10.0. The molecule has 1 aromatic heterocycles. The van der Waals surface area contributed by atoms with Gasteiger partial charge in [0.1, 0.15) is 11.5 Å². The molecule has 1 aromatic carbocycles. The van der Waals surface area contributed by atoms with E-state index < -0.39 is 0 Å². The Balaban J connectivity index is 2.16. The van der Waals surface area contributed by atoms with E-state index in [0.717, 1.165) is 29.0 Å². The number of halogens is 1. The minimum atomic E-state index is 0.234. The summed E-state index contributed by atoms with van der Waals surface area (Å²) in [6.45, 7) is 5.02. The molecule has 0 bridgehead atoms. The summed E-state index contributed by atoms with van der Waals surface area (Å²) in [5, 5.41) is 3.47.